The molecule has 144 valence electrons. The number of ether oxygens (including phenoxy) is 1. The first kappa shape index (κ1) is 20.7. The second kappa shape index (κ2) is 11.2. The highest BCUT2D eigenvalue weighted by Crippen LogP contribution is 2.14. The van der Waals surface area contributed by atoms with E-state index in [2.05, 4.69) is 34.1 Å². The highest BCUT2D eigenvalue weighted by atomic mass is 16.5. The van der Waals surface area contributed by atoms with Gasteiger partial charge in [0.15, 0.2) is 0 Å². The fourth-order valence-electron chi connectivity index (χ4n) is 3.12. The molecule has 0 radical (unpaired) electrons. The second-order valence-electron chi connectivity index (χ2n) is 6.60. The Labute approximate surface area is 161 Å². The van der Waals surface area contributed by atoms with Crippen LogP contribution < -0.4 is 4.74 Å². The van der Waals surface area contributed by atoms with Crippen LogP contribution in [0.5, 0.6) is 5.75 Å². The van der Waals surface area contributed by atoms with Crippen LogP contribution in [0.2, 0.25) is 0 Å². The summed E-state index contributed by atoms with van der Waals surface area (Å²) in [4.78, 5) is 18.7. The predicted molar refractivity (Wildman–Crippen MR) is 102 cm³/mol. The SMILES string of the molecule is COc1ccc(CN2CCN(CC(=O)N(CCC#N)CCC#N)CC2)cc1. The van der Waals surface area contributed by atoms with E-state index in [9.17, 15) is 4.79 Å². The van der Waals surface area contributed by atoms with Gasteiger partial charge >= 0.3 is 0 Å². The third-order valence-electron chi connectivity index (χ3n) is 4.73. The highest BCUT2D eigenvalue weighted by molar-refractivity contribution is 5.78. The normalized spacial score (nSPS) is 14.9. The Balaban J connectivity index is 1.77. The number of carbonyl (C=O) groups excluding carboxylic acids is 1. The minimum atomic E-state index is 0.00380. The Morgan fingerprint density at radius 3 is 2.11 bits per heavy atom. The zero-order valence-electron chi connectivity index (χ0n) is 15.9. The van der Waals surface area contributed by atoms with E-state index in [1.807, 2.05) is 12.1 Å². The molecule has 0 unspecified atom stereocenters. The molecule has 0 aliphatic carbocycles. The van der Waals surface area contributed by atoms with Crippen LogP contribution in [0.3, 0.4) is 0 Å². The Morgan fingerprint density at radius 2 is 1.59 bits per heavy atom. The van der Waals surface area contributed by atoms with Gasteiger partial charge in [-0.15, -0.1) is 0 Å². The van der Waals surface area contributed by atoms with Gasteiger partial charge in [0, 0.05) is 45.8 Å². The van der Waals surface area contributed by atoms with Gasteiger partial charge in [-0.1, -0.05) is 12.1 Å². The number of amides is 1. The molecule has 0 spiro atoms. The smallest absolute Gasteiger partial charge is 0.236 e. The molecule has 1 aromatic rings. The number of piperazine rings is 1. The van der Waals surface area contributed by atoms with E-state index in [1.54, 1.807) is 12.0 Å². The van der Waals surface area contributed by atoms with Gasteiger partial charge < -0.3 is 9.64 Å². The summed E-state index contributed by atoms with van der Waals surface area (Å²) in [5.74, 6) is 0.864. The van der Waals surface area contributed by atoms with Crippen molar-refractivity contribution in [2.75, 3.05) is 52.9 Å². The lowest BCUT2D eigenvalue weighted by molar-refractivity contribution is -0.132. The first-order valence-corrected chi connectivity index (χ1v) is 9.25. The number of hydrogen-bond acceptors (Lipinski definition) is 6. The highest BCUT2D eigenvalue weighted by Gasteiger charge is 2.21. The molecule has 2 rings (SSSR count). The van der Waals surface area contributed by atoms with Crippen LogP contribution >= 0.6 is 0 Å². The van der Waals surface area contributed by atoms with Gasteiger partial charge in [0.05, 0.1) is 38.6 Å². The number of hydrogen-bond donors (Lipinski definition) is 0. The number of benzene rings is 1. The standard InChI is InChI=1S/C20H27N5O2/c1-27-19-6-4-18(5-7-19)16-23-12-14-24(15-13-23)17-20(26)25(10-2-8-21)11-3-9-22/h4-7H,2-3,10-17H2,1H3. The molecular weight excluding hydrogens is 342 g/mol. The summed E-state index contributed by atoms with van der Waals surface area (Å²) in [6.45, 7) is 5.54. The van der Waals surface area contributed by atoms with E-state index in [-0.39, 0.29) is 5.91 Å². The number of carbonyl (C=O) groups is 1. The maximum Gasteiger partial charge on any atom is 0.236 e. The first-order valence-electron chi connectivity index (χ1n) is 9.25. The van der Waals surface area contributed by atoms with E-state index >= 15 is 0 Å². The maximum atomic E-state index is 12.5. The van der Waals surface area contributed by atoms with Gasteiger partial charge in [0.25, 0.3) is 0 Å². The van der Waals surface area contributed by atoms with Crippen molar-refractivity contribution in [1.29, 1.82) is 10.5 Å². The van der Waals surface area contributed by atoms with Crippen molar-refractivity contribution in [1.82, 2.24) is 14.7 Å². The largest absolute Gasteiger partial charge is 0.497 e. The molecule has 1 amide bonds. The molecule has 0 bridgehead atoms. The Hall–Kier alpha value is -2.61. The monoisotopic (exact) mass is 369 g/mol. The number of nitriles is 2. The van der Waals surface area contributed by atoms with Crippen LogP contribution in [0.1, 0.15) is 18.4 Å². The van der Waals surface area contributed by atoms with Crippen LogP contribution in [-0.4, -0.2) is 73.5 Å². The molecule has 1 fully saturated rings. The van der Waals surface area contributed by atoms with Crippen molar-refractivity contribution in [3.05, 3.63) is 29.8 Å². The third-order valence-corrected chi connectivity index (χ3v) is 4.73. The Bertz CT molecular complexity index is 651. The molecule has 7 nitrogen and oxygen atoms in total. The summed E-state index contributed by atoms with van der Waals surface area (Å²) in [7, 11) is 1.66. The summed E-state index contributed by atoms with van der Waals surface area (Å²) in [5, 5.41) is 17.5. The lowest BCUT2D eigenvalue weighted by Crippen LogP contribution is -2.50. The van der Waals surface area contributed by atoms with Crippen LogP contribution in [0.15, 0.2) is 24.3 Å². The van der Waals surface area contributed by atoms with Gasteiger partial charge in [0.1, 0.15) is 5.75 Å². The predicted octanol–water partition coefficient (Wildman–Crippen LogP) is 1.47. The molecule has 7 heteroatoms. The molecule has 1 heterocycles. The molecule has 0 aromatic heterocycles. The molecule has 1 saturated heterocycles. The molecular formula is C20H27N5O2. The van der Waals surface area contributed by atoms with E-state index in [0.717, 1.165) is 38.5 Å². The third kappa shape index (κ3) is 6.90. The first-order chi connectivity index (χ1) is 13.2. The van der Waals surface area contributed by atoms with Crippen LogP contribution in [0.25, 0.3) is 0 Å². The zero-order valence-corrected chi connectivity index (χ0v) is 15.9. The van der Waals surface area contributed by atoms with E-state index < -0.39 is 0 Å². The summed E-state index contributed by atoms with van der Waals surface area (Å²) >= 11 is 0. The fraction of sp³-hybridized carbons (Fsp3) is 0.550. The fourth-order valence-corrected chi connectivity index (χ4v) is 3.12. The van der Waals surface area contributed by atoms with Crippen molar-refractivity contribution in [2.24, 2.45) is 0 Å². The lowest BCUT2D eigenvalue weighted by Gasteiger charge is -2.35. The van der Waals surface area contributed by atoms with Gasteiger partial charge in [-0.25, -0.2) is 0 Å². The summed E-state index contributed by atoms with van der Waals surface area (Å²) in [6, 6.07) is 12.2. The summed E-state index contributed by atoms with van der Waals surface area (Å²) < 4.78 is 5.19. The van der Waals surface area contributed by atoms with Gasteiger partial charge in [-0.3, -0.25) is 14.6 Å². The van der Waals surface area contributed by atoms with E-state index in [4.69, 9.17) is 15.3 Å². The van der Waals surface area contributed by atoms with Gasteiger partial charge in [-0.05, 0) is 17.7 Å². The van der Waals surface area contributed by atoms with Crippen LogP contribution in [0.4, 0.5) is 0 Å². The molecule has 0 saturated carbocycles. The zero-order chi connectivity index (χ0) is 19.5. The number of nitrogens with zero attached hydrogens (tertiary/aromatic N) is 5. The molecule has 27 heavy (non-hydrogen) atoms. The van der Waals surface area contributed by atoms with E-state index in [0.29, 0.717) is 32.5 Å². The van der Waals surface area contributed by atoms with Crippen LogP contribution in [0, 0.1) is 22.7 Å². The molecule has 0 atom stereocenters. The van der Waals surface area contributed by atoms with Crippen molar-refractivity contribution in [3.8, 4) is 17.9 Å². The summed E-state index contributed by atoms with van der Waals surface area (Å²) in [5.41, 5.74) is 1.25. The van der Waals surface area contributed by atoms with Gasteiger partial charge in [0.2, 0.25) is 5.91 Å². The quantitative estimate of drug-likeness (QED) is 0.655. The Morgan fingerprint density at radius 1 is 1.04 bits per heavy atom. The van der Waals surface area contributed by atoms with Crippen molar-refractivity contribution in [3.63, 3.8) is 0 Å². The molecule has 0 N–H and O–H groups in total. The molecule has 1 aromatic carbocycles. The lowest BCUT2D eigenvalue weighted by atomic mass is 10.2. The molecule has 1 aliphatic rings. The van der Waals surface area contributed by atoms with Crippen molar-refractivity contribution in [2.45, 2.75) is 19.4 Å². The average Bonchev–Trinajstić information content (AvgIpc) is 2.70. The van der Waals surface area contributed by atoms with E-state index in [1.165, 1.54) is 5.56 Å². The average molecular weight is 369 g/mol. The maximum absolute atomic E-state index is 12.5. The van der Waals surface area contributed by atoms with Gasteiger partial charge in [-0.2, -0.15) is 10.5 Å². The number of rotatable bonds is 9. The topological polar surface area (TPSA) is 83.6 Å². The van der Waals surface area contributed by atoms with Crippen molar-refractivity contribution < 1.29 is 9.53 Å². The van der Waals surface area contributed by atoms with Crippen LogP contribution in [-0.2, 0) is 11.3 Å². The minimum absolute atomic E-state index is 0.00380. The van der Waals surface area contributed by atoms with Crippen molar-refractivity contribution >= 4 is 5.91 Å². The second-order valence-corrected chi connectivity index (χ2v) is 6.60. The molecule has 1 aliphatic heterocycles. The number of methoxy groups -OCH3 is 1. The minimum Gasteiger partial charge on any atom is -0.497 e. The Kier molecular flexibility index (Phi) is 8.57. The summed E-state index contributed by atoms with van der Waals surface area (Å²) in [6.07, 6.45) is 0.597.